The molecule has 0 aliphatic carbocycles. The van der Waals surface area contributed by atoms with Crippen molar-refractivity contribution in [3.05, 3.63) is 28.8 Å². The van der Waals surface area contributed by atoms with E-state index in [1.807, 2.05) is 5.92 Å². The van der Waals surface area contributed by atoms with Crippen molar-refractivity contribution in [3.8, 4) is 11.8 Å². The Bertz CT molecular complexity index is 500. The van der Waals surface area contributed by atoms with Gasteiger partial charge >= 0.3 is 5.97 Å². The van der Waals surface area contributed by atoms with E-state index in [1.165, 1.54) is 13.0 Å². The van der Waals surface area contributed by atoms with Crippen molar-refractivity contribution in [1.82, 2.24) is 0 Å². The summed E-state index contributed by atoms with van der Waals surface area (Å²) in [5.41, 5.74) is 0.941. The second-order valence-electron chi connectivity index (χ2n) is 2.93. The maximum Gasteiger partial charge on any atom is 0.382 e. The summed E-state index contributed by atoms with van der Waals surface area (Å²) < 4.78 is 0. The summed E-state index contributed by atoms with van der Waals surface area (Å²) in [5.74, 6) is 2.95. The fourth-order valence-electron chi connectivity index (χ4n) is 1.01. The van der Waals surface area contributed by atoms with E-state index in [4.69, 9.17) is 16.7 Å². The van der Waals surface area contributed by atoms with Crippen LogP contribution in [0.15, 0.2) is 18.2 Å². The molecule has 0 saturated heterocycles. The standard InChI is InChI=1S/C11H8ClNO3/c1-7(14)13-10-4-2-8(6-9(10)12)3-5-11(15)16/h2,4,6H,1H3,(H,13,14)(H,15,16). The first-order valence-corrected chi connectivity index (χ1v) is 4.69. The van der Waals surface area contributed by atoms with Crippen LogP contribution in [-0.4, -0.2) is 17.0 Å². The van der Waals surface area contributed by atoms with Crippen LogP contribution in [0.3, 0.4) is 0 Å². The molecule has 0 heterocycles. The van der Waals surface area contributed by atoms with Crippen LogP contribution in [0.5, 0.6) is 0 Å². The number of aliphatic carboxylic acids is 1. The van der Waals surface area contributed by atoms with Crippen molar-refractivity contribution in [1.29, 1.82) is 0 Å². The highest BCUT2D eigenvalue weighted by atomic mass is 35.5. The molecular formula is C11H8ClNO3. The Labute approximate surface area is 97.2 Å². The summed E-state index contributed by atoms with van der Waals surface area (Å²) in [7, 11) is 0. The van der Waals surface area contributed by atoms with Crippen LogP contribution in [0.25, 0.3) is 0 Å². The summed E-state index contributed by atoms with van der Waals surface area (Å²) in [6, 6.07) is 4.63. The van der Waals surface area contributed by atoms with Crippen LogP contribution < -0.4 is 5.32 Å². The van der Waals surface area contributed by atoms with E-state index < -0.39 is 5.97 Å². The number of hydrogen-bond acceptors (Lipinski definition) is 2. The molecule has 0 aliphatic heterocycles. The molecule has 0 unspecified atom stereocenters. The largest absolute Gasteiger partial charge is 0.472 e. The summed E-state index contributed by atoms with van der Waals surface area (Å²) in [6.45, 7) is 1.37. The van der Waals surface area contributed by atoms with E-state index in [-0.39, 0.29) is 5.91 Å². The molecule has 1 rings (SSSR count). The van der Waals surface area contributed by atoms with E-state index in [1.54, 1.807) is 12.1 Å². The van der Waals surface area contributed by atoms with Crippen molar-refractivity contribution >= 4 is 29.2 Å². The molecule has 0 saturated carbocycles. The third-order valence-electron chi connectivity index (χ3n) is 1.59. The van der Waals surface area contributed by atoms with Gasteiger partial charge in [0.25, 0.3) is 0 Å². The predicted molar refractivity (Wildman–Crippen MR) is 60.3 cm³/mol. The molecule has 4 nitrogen and oxygen atoms in total. The molecule has 0 radical (unpaired) electrons. The van der Waals surface area contributed by atoms with Gasteiger partial charge in [-0.25, -0.2) is 4.79 Å². The Hall–Kier alpha value is -1.99. The number of amides is 1. The van der Waals surface area contributed by atoms with Gasteiger partial charge < -0.3 is 10.4 Å². The molecule has 5 heteroatoms. The predicted octanol–water partition coefficient (Wildman–Crippen LogP) is 1.73. The first-order chi connectivity index (χ1) is 7.49. The maximum absolute atomic E-state index is 10.8. The highest BCUT2D eigenvalue weighted by molar-refractivity contribution is 6.33. The molecular weight excluding hydrogens is 230 g/mol. The zero-order chi connectivity index (χ0) is 12.1. The average Bonchev–Trinajstić information content (AvgIpc) is 2.18. The van der Waals surface area contributed by atoms with Gasteiger partial charge in [0.2, 0.25) is 5.91 Å². The molecule has 0 aliphatic rings. The van der Waals surface area contributed by atoms with Crippen LogP contribution in [0.1, 0.15) is 12.5 Å². The fourth-order valence-corrected chi connectivity index (χ4v) is 1.24. The Morgan fingerprint density at radius 2 is 2.12 bits per heavy atom. The molecule has 0 spiro atoms. The van der Waals surface area contributed by atoms with Gasteiger partial charge in [-0.2, -0.15) is 0 Å². The summed E-state index contributed by atoms with van der Waals surface area (Å²) in [5, 5.41) is 11.2. The zero-order valence-electron chi connectivity index (χ0n) is 8.37. The molecule has 2 N–H and O–H groups in total. The van der Waals surface area contributed by atoms with Crippen molar-refractivity contribution in [2.24, 2.45) is 0 Å². The number of anilines is 1. The van der Waals surface area contributed by atoms with Crippen molar-refractivity contribution in [3.63, 3.8) is 0 Å². The van der Waals surface area contributed by atoms with Crippen molar-refractivity contribution in [2.45, 2.75) is 6.92 Å². The van der Waals surface area contributed by atoms with E-state index >= 15 is 0 Å². The van der Waals surface area contributed by atoms with Gasteiger partial charge in [-0.15, -0.1) is 0 Å². The van der Waals surface area contributed by atoms with E-state index in [2.05, 4.69) is 11.2 Å². The highest BCUT2D eigenvalue weighted by Gasteiger charge is 2.02. The third kappa shape index (κ3) is 3.64. The minimum atomic E-state index is -1.21. The second kappa shape index (κ2) is 5.19. The van der Waals surface area contributed by atoms with Crippen LogP contribution >= 0.6 is 11.6 Å². The monoisotopic (exact) mass is 237 g/mol. The van der Waals surface area contributed by atoms with Gasteiger partial charge in [0.1, 0.15) is 0 Å². The molecule has 0 atom stereocenters. The lowest BCUT2D eigenvalue weighted by Crippen LogP contribution is -2.06. The molecule has 1 aromatic carbocycles. The molecule has 16 heavy (non-hydrogen) atoms. The maximum atomic E-state index is 10.8. The number of carbonyl (C=O) groups excluding carboxylic acids is 1. The molecule has 82 valence electrons. The number of hydrogen-bond donors (Lipinski definition) is 2. The van der Waals surface area contributed by atoms with Gasteiger partial charge in [0, 0.05) is 18.4 Å². The van der Waals surface area contributed by atoms with Crippen LogP contribution in [0.2, 0.25) is 5.02 Å². The Morgan fingerprint density at radius 3 is 2.62 bits per heavy atom. The van der Waals surface area contributed by atoms with E-state index in [9.17, 15) is 9.59 Å². The second-order valence-corrected chi connectivity index (χ2v) is 3.34. The van der Waals surface area contributed by atoms with Crippen LogP contribution in [0, 0.1) is 11.8 Å². The van der Waals surface area contributed by atoms with Gasteiger partial charge in [-0.3, -0.25) is 4.79 Å². The first-order valence-electron chi connectivity index (χ1n) is 4.31. The van der Waals surface area contributed by atoms with Crippen LogP contribution in [0.4, 0.5) is 5.69 Å². The smallest absolute Gasteiger partial charge is 0.382 e. The van der Waals surface area contributed by atoms with Gasteiger partial charge in [0.05, 0.1) is 10.7 Å². The van der Waals surface area contributed by atoms with Crippen molar-refractivity contribution < 1.29 is 14.7 Å². The molecule has 0 fully saturated rings. The number of carbonyl (C=O) groups is 2. The lowest BCUT2D eigenvalue weighted by Gasteiger charge is -2.04. The SMILES string of the molecule is CC(=O)Nc1ccc(C#CC(=O)O)cc1Cl. The van der Waals surface area contributed by atoms with Gasteiger partial charge in [-0.1, -0.05) is 17.5 Å². The summed E-state index contributed by atoms with van der Waals surface area (Å²) in [4.78, 5) is 21.0. The Balaban J connectivity index is 2.96. The lowest BCUT2D eigenvalue weighted by atomic mass is 10.2. The summed E-state index contributed by atoms with van der Waals surface area (Å²) in [6.07, 6.45) is 0. The van der Waals surface area contributed by atoms with Gasteiger partial charge in [0.15, 0.2) is 0 Å². The van der Waals surface area contributed by atoms with Crippen LogP contribution in [-0.2, 0) is 9.59 Å². The van der Waals surface area contributed by atoms with Crippen molar-refractivity contribution in [2.75, 3.05) is 5.32 Å². The molecule has 1 aromatic rings. The average molecular weight is 238 g/mol. The minimum absolute atomic E-state index is 0.230. The number of carboxylic acid groups (broad SMARTS) is 1. The third-order valence-corrected chi connectivity index (χ3v) is 1.91. The topological polar surface area (TPSA) is 66.4 Å². The quantitative estimate of drug-likeness (QED) is 0.731. The normalized spacial score (nSPS) is 8.88. The Kier molecular flexibility index (Phi) is 3.92. The zero-order valence-corrected chi connectivity index (χ0v) is 9.13. The number of halogens is 1. The van der Waals surface area contributed by atoms with Gasteiger partial charge in [-0.05, 0) is 18.2 Å². The minimum Gasteiger partial charge on any atom is -0.472 e. The molecule has 1 amide bonds. The van der Waals surface area contributed by atoms with E-state index in [0.717, 1.165) is 0 Å². The number of rotatable bonds is 1. The van der Waals surface area contributed by atoms with E-state index in [0.29, 0.717) is 16.3 Å². The summed E-state index contributed by atoms with van der Waals surface area (Å²) >= 11 is 5.86. The lowest BCUT2D eigenvalue weighted by molar-refractivity contribution is -0.130. The first kappa shape index (κ1) is 12.1. The fraction of sp³-hybridized carbons (Fsp3) is 0.0909. The number of benzene rings is 1. The number of nitrogens with one attached hydrogen (secondary N) is 1. The molecule has 0 bridgehead atoms. The number of carboxylic acids is 1. The Morgan fingerprint density at radius 1 is 1.44 bits per heavy atom. The molecule has 0 aromatic heterocycles. The highest BCUT2D eigenvalue weighted by Crippen LogP contribution is 2.22.